The van der Waals surface area contributed by atoms with Crippen molar-refractivity contribution in [1.29, 1.82) is 0 Å². The lowest BCUT2D eigenvalue weighted by Crippen LogP contribution is -2.38. The molecule has 5 heteroatoms. The van der Waals surface area contributed by atoms with Crippen LogP contribution >= 0.6 is 0 Å². The van der Waals surface area contributed by atoms with E-state index in [1.165, 1.54) is 0 Å². The first-order valence-electron chi connectivity index (χ1n) is 6.08. The first-order valence-corrected chi connectivity index (χ1v) is 6.08. The van der Waals surface area contributed by atoms with Crippen LogP contribution in [0.5, 0.6) is 0 Å². The number of pyridine rings is 1. The third-order valence-corrected chi connectivity index (χ3v) is 2.87. The zero-order valence-corrected chi connectivity index (χ0v) is 10.6. The number of aliphatic hydroxyl groups excluding tert-OH is 1. The molecule has 0 amide bonds. The molecule has 1 aromatic carbocycles. The summed E-state index contributed by atoms with van der Waals surface area (Å²) in [6.45, 7) is 1.93. The number of carbonyl (C=O) groups excluding carboxylic acids is 1. The van der Waals surface area contributed by atoms with Crippen molar-refractivity contribution in [1.82, 2.24) is 4.98 Å². The Hall–Kier alpha value is -1.98. The number of carbonyl (C=O) groups is 1. The number of ether oxygens (including phenoxy) is 1. The highest BCUT2D eigenvalue weighted by molar-refractivity contribution is 5.80. The Bertz CT molecular complexity index is 586. The molecule has 3 N–H and O–H groups in total. The van der Waals surface area contributed by atoms with Crippen LogP contribution in [0.25, 0.3) is 10.9 Å². The highest BCUT2D eigenvalue weighted by atomic mass is 16.5. The summed E-state index contributed by atoms with van der Waals surface area (Å²) >= 11 is 0. The summed E-state index contributed by atoms with van der Waals surface area (Å²) in [5.41, 5.74) is 7.08. The topological polar surface area (TPSA) is 85.4 Å². The summed E-state index contributed by atoms with van der Waals surface area (Å²) in [6.07, 6.45) is 0.603. The second kappa shape index (κ2) is 5.77. The van der Waals surface area contributed by atoms with Gasteiger partial charge >= 0.3 is 5.97 Å². The average molecular weight is 260 g/mol. The minimum absolute atomic E-state index is 0.237. The lowest BCUT2D eigenvalue weighted by Gasteiger charge is -2.17. The van der Waals surface area contributed by atoms with Crippen LogP contribution < -0.4 is 5.73 Å². The molecular weight excluding hydrogens is 244 g/mol. The fourth-order valence-corrected chi connectivity index (χ4v) is 1.85. The normalized spacial score (nSPS) is 14.1. The molecule has 0 aliphatic heterocycles. The first kappa shape index (κ1) is 13.5. The van der Waals surface area contributed by atoms with Crippen LogP contribution in [-0.4, -0.2) is 28.7 Å². The second-order valence-corrected chi connectivity index (χ2v) is 4.18. The van der Waals surface area contributed by atoms with Crippen LogP contribution in [0.1, 0.15) is 18.6 Å². The van der Waals surface area contributed by atoms with Gasteiger partial charge in [0.05, 0.1) is 12.1 Å². The molecule has 0 aliphatic carbocycles. The molecular formula is C14H16N2O3. The van der Waals surface area contributed by atoms with Crippen LogP contribution in [0.4, 0.5) is 0 Å². The predicted molar refractivity (Wildman–Crippen MR) is 71.3 cm³/mol. The van der Waals surface area contributed by atoms with Gasteiger partial charge in [-0.15, -0.1) is 0 Å². The molecule has 0 saturated carbocycles. The molecule has 0 radical (unpaired) electrons. The number of benzene rings is 1. The first-order chi connectivity index (χ1) is 9.13. The Morgan fingerprint density at radius 3 is 3.00 bits per heavy atom. The molecule has 1 heterocycles. The van der Waals surface area contributed by atoms with Gasteiger partial charge in [0.1, 0.15) is 12.1 Å². The molecule has 0 aliphatic rings. The van der Waals surface area contributed by atoms with E-state index in [0.717, 1.165) is 10.9 Å². The van der Waals surface area contributed by atoms with Crippen molar-refractivity contribution in [2.75, 3.05) is 6.61 Å². The summed E-state index contributed by atoms with van der Waals surface area (Å²) in [4.78, 5) is 15.7. The van der Waals surface area contributed by atoms with E-state index in [-0.39, 0.29) is 6.61 Å². The summed E-state index contributed by atoms with van der Waals surface area (Å²) in [5.74, 6) is -0.610. The lowest BCUT2D eigenvalue weighted by molar-refractivity contribution is -0.147. The number of fused-ring (bicyclic) bond motifs is 1. The predicted octanol–water partition coefficient (Wildman–Crippen LogP) is 1.16. The van der Waals surface area contributed by atoms with Gasteiger partial charge in [-0.1, -0.05) is 12.1 Å². The molecule has 0 fully saturated rings. The van der Waals surface area contributed by atoms with E-state index in [0.29, 0.717) is 5.56 Å². The molecule has 0 bridgehead atoms. The van der Waals surface area contributed by atoms with Gasteiger partial charge in [-0.2, -0.15) is 0 Å². The van der Waals surface area contributed by atoms with Gasteiger partial charge in [0, 0.05) is 11.6 Å². The molecule has 0 spiro atoms. The lowest BCUT2D eigenvalue weighted by atomic mass is 10.0. The van der Waals surface area contributed by atoms with Gasteiger partial charge < -0.3 is 15.6 Å². The van der Waals surface area contributed by atoms with Crippen LogP contribution in [0.2, 0.25) is 0 Å². The molecule has 19 heavy (non-hydrogen) atoms. The van der Waals surface area contributed by atoms with Crippen molar-refractivity contribution >= 4 is 16.9 Å². The van der Waals surface area contributed by atoms with Gasteiger partial charge in [-0.05, 0) is 30.7 Å². The van der Waals surface area contributed by atoms with Crippen molar-refractivity contribution in [3.63, 3.8) is 0 Å². The van der Waals surface area contributed by atoms with Gasteiger partial charge in [0.2, 0.25) is 0 Å². The minimum atomic E-state index is -1.09. The third-order valence-electron chi connectivity index (χ3n) is 2.87. The van der Waals surface area contributed by atoms with E-state index in [9.17, 15) is 9.90 Å². The molecule has 5 nitrogen and oxygen atoms in total. The molecule has 1 aromatic heterocycles. The van der Waals surface area contributed by atoms with Gasteiger partial charge in [-0.25, -0.2) is 0 Å². The van der Waals surface area contributed by atoms with Gasteiger partial charge in [-0.3, -0.25) is 9.78 Å². The Kier molecular flexibility index (Phi) is 4.09. The van der Waals surface area contributed by atoms with Crippen molar-refractivity contribution in [2.24, 2.45) is 5.73 Å². The van der Waals surface area contributed by atoms with E-state index < -0.39 is 18.1 Å². The fraction of sp³-hybridized carbons (Fsp3) is 0.286. The summed E-state index contributed by atoms with van der Waals surface area (Å²) in [7, 11) is 0. The zero-order valence-electron chi connectivity index (χ0n) is 10.6. The van der Waals surface area contributed by atoms with Gasteiger partial charge in [0.25, 0.3) is 0 Å². The average Bonchev–Trinajstić information content (AvgIpc) is 2.45. The summed E-state index contributed by atoms with van der Waals surface area (Å²) in [5, 5.41) is 11.0. The van der Waals surface area contributed by atoms with Crippen LogP contribution in [-0.2, 0) is 9.53 Å². The molecule has 2 aromatic rings. The largest absolute Gasteiger partial charge is 0.465 e. The zero-order chi connectivity index (χ0) is 13.8. The van der Waals surface area contributed by atoms with Crippen molar-refractivity contribution < 1.29 is 14.6 Å². The number of nitrogens with two attached hydrogens (primary N) is 1. The molecule has 100 valence electrons. The molecule has 0 saturated heterocycles. The van der Waals surface area contributed by atoms with E-state index in [1.54, 1.807) is 31.3 Å². The number of hydrogen-bond acceptors (Lipinski definition) is 5. The van der Waals surface area contributed by atoms with E-state index in [4.69, 9.17) is 10.5 Å². The highest BCUT2D eigenvalue weighted by Gasteiger charge is 2.25. The third kappa shape index (κ3) is 2.89. The number of rotatable bonds is 4. The maximum atomic E-state index is 11.5. The van der Waals surface area contributed by atoms with Crippen molar-refractivity contribution in [2.45, 2.75) is 19.1 Å². The van der Waals surface area contributed by atoms with Crippen molar-refractivity contribution in [3.8, 4) is 0 Å². The van der Waals surface area contributed by atoms with Crippen LogP contribution in [0.3, 0.4) is 0 Å². The molecule has 2 unspecified atom stereocenters. The maximum Gasteiger partial charge on any atom is 0.325 e. The smallest absolute Gasteiger partial charge is 0.325 e. The van der Waals surface area contributed by atoms with Crippen molar-refractivity contribution in [3.05, 3.63) is 42.1 Å². The van der Waals surface area contributed by atoms with E-state index >= 15 is 0 Å². The Balaban J connectivity index is 2.25. The van der Waals surface area contributed by atoms with E-state index in [1.807, 2.05) is 12.1 Å². The Morgan fingerprint density at radius 1 is 1.47 bits per heavy atom. The Labute approximate surface area is 111 Å². The minimum Gasteiger partial charge on any atom is -0.465 e. The molecule has 2 atom stereocenters. The molecule has 2 rings (SSSR count). The number of nitrogens with zero attached hydrogens (tertiary/aromatic N) is 1. The standard InChI is InChI=1S/C14H16N2O3/c1-2-19-14(18)12(15)13(17)10-5-6-11-9(8-10)4-3-7-16-11/h3-8,12-13,17H,2,15H2,1H3. The fourth-order valence-electron chi connectivity index (χ4n) is 1.85. The number of aromatic nitrogens is 1. The maximum absolute atomic E-state index is 11.5. The van der Waals surface area contributed by atoms with Crippen LogP contribution in [0, 0.1) is 0 Å². The number of hydrogen-bond donors (Lipinski definition) is 2. The number of esters is 1. The monoisotopic (exact) mass is 260 g/mol. The quantitative estimate of drug-likeness (QED) is 0.806. The number of aliphatic hydroxyl groups is 1. The van der Waals surface area contributed by atoms with Gasteiger partial charge in [0.15, 0.2) is 0 Å². The SMILES string of the molecule is CCOC(=O)C(N)C(O)c1ccc2ncccc2c1. The highest BCUT2D eigenvalue weighted by Crippen LogP contribution is 2.21. The summed E-state index contributed by atoms with van der Waals surface area (Å²) < 4.78 is 4.80. The summed E-state index contributed by atoms with van der Waals surface area (Å²) in [6, 6.07) is 7.86. The second-order valence-electron chi connectivity index (χ2n) is 4.18. The van der Waals surface area contributed by atoms with Crippen LogP contribution in [0.15, 0.2) is 36.5 Å². The Morgan fingerprint density at radius 2 is 2.26 bits per heavy atom. The van der Waals surface area contributed by atoms with E-state index in [2.05, 4.69) is 4.98 Å².